The molecule has 4 nitrogen and oxygen atoms in total. The van der Waals surface area contributed by atoms with Crippen molar-refractivity contribution in [2.45, 2.75) is 6.55 Å². The Morgan fingerprint density at radius 3 is 1.64 bits per heavy atom. The predicted molar refractivity (Wildman–Crippen MR) is 55.6 cm³/mol. The number of hydrogen-bond acceptors (Lipinski definition) is 1. The largest absolute Gasteiger partial charge is 0.352 e. The average molecular weight is 290 g/mol. The second-order valence-corrected chi connectivity index (χ2v) is 1.81. The van der Waals surface area contributed by atoms with Crippen LogP contribution in [0, 0.1) is 0 Å². The summed E-state index contributed by atoms with van der Waals surface area (Å²) in [6, 6.07) is 2.29. The summed E-state index contributed by atoms with van der Waals surface area (Å²) in [5.74, 6) is 0. The molecule has 8 heteroatoms. The van der Waals surface area contributed by atoms with Crippen molar-refractivity contribution in [1.29, 1.82) is 0 Å². The zero-order valence-corrected chi connectivity index (χ0v) is 9.77. The van der Waals surface area contributed by atoms with Crippen LogP contribution >= 0.6 is 13.5 Å². The number of aromatic nitrogens is 1. The van der Waals surface area contributed by atoms with E-state index in [1.165, 1.54) is 12.4 Å². The first-order valence-electron chi connectivity index (χ1n) is 2.99. The minimum absolute atomic E-state index is 0. The first-order chi connectivity index (χ1) is 5.54. The topological polar surface area (TPSA) is 74.0 Å². The third kappa shape index (κ3) is 11.3. The molecular weight excluding hydrogens is 279 g/mol. The molecule has 4 N–H and O–H groups in total. The van der Waals surface area contributed by atoms with E-state index in [4.69, 9.17) is 4.79 Å². The van der Waals surface area contributed by atoms with E-state index in [2.05, 4.69) is 11.5 Å². The van der Waals surface area contributed by atoms with Crippen molar-refractivity contribution >= 4 is 36.6 Å². The van der Waals surface area contributed by atoms with Gasteiger partial charge in [-0.05, 0) is 12.1 Å². The number of rotatable bonds is 1. The number of hydrogen-bond donors (Lipinski definition) is 2. The fraction of sp³-hybridized carbons (Fsp3) is 0.167. The number of nitrogens with two attached hydrogens (primary N) is 2. The van der Waals surface area contributed by atoms with E-state index in [9.17, 15) is 8.78 Å². The molecule has 1 aromatic rings. The molecule has 0 aromatic carbocycles. The summed E-state index contributed by atoms with van der Waals surface area (Å²) in [5.41, 5.74) is 8.50. The van der Waals surface area contributed by atoms with Crippen molar-refractivity contribution in [3.8, 4) is 0 Å². The van der Waals surface area contributed by atoms with Gasteiger partial charge in [0.15, 0.2) is 0 Å². The Labute approximate surface area is 97.5 Å². The van der Waals surface area contributed by atoms with Gasteiger partial charge in [-0.25, -0.2) is 4.79 Å². The van der Waals surface area contributed by atoms with E-state index in [0.717, 1.165) is 4.57 Å². The molecule has 82 valence electrons. The minimum atomic E-state index is -2.40. The van der Waals surface area contributed by atoms with Gasteiger partial charge in [0.1, 0.15) is 0 Å². The van der Waals surface area contributed by atoms with E-state index in [1.54, 1.807) is 12.1 Å². The first-order valence-corrected chi connectivity index (χ1v) is 2.99. The number of amides is 2. The SMILES string of the molecule is FC(F)n1cccc1.NC(N)=O.S.[Se]. The maximum Gasteiger partial charge on any atom is 0.318 e. The first kappa shape index (κ1) is 18.9. The summed E-state index contributed by atoms with van der Waals surface area (Å²) in [4.78, 5) is 9.00. The standard InChI is InChI=1S/C5H5F2N.CH4N2O.H2S.Se/c6-5(7)8-3-1-2-4-8;2-1(3)4;;/h1-5H;(H4,2,3,4);1H2;. The van der Waals surface area contributed by atoms with Crippen LogP contribution in [0.5, 0.6) is 0 Å². The molecule has 2 radical (unpaired) electrons. The Kier molecular flexibility index (Phi) is 14.0. The summed E-state index contributed by atoms with van der Waals surface area (Å²) < 4.78 is 24.0. The molecule has 0 saturated carbocycles. The van der Waals surface area contributed by atoms with E-state index < -0.39 is 12.6 Å². The Morgan fingerprint density at radius 2 is 1.50 bits per heavy atom. The van der Waals surface area contributed by atoms with Gasteiger partial charge in [0, 0.05) is 29.5 Å². The Bertz CT molecular complexity index is 229. The van der Waals surface area contributed by atoms with Gasteiger partial charge in [-0.2, -0.15) is 22.3 Å². The number of nitrogens with zero attached hydrogens (tertiary/aromatic N) is 1. The molecule has 0 atom stereocenters. The zero-order chi connectivity index (χ0) is 9.56. The third-order valence-corrected chi connectivity index (χ3v) is 0.853. The van der Waals surface area contributed by atoms with Gasteiger partial charge in [0.2, 0.25) is 0 Å². The predicted octanol–water partition coefficient (Wildman–Crippen LogP) is 0.639. The quantitative estimate of drug-likeness (QED) is 0.732. The van der Waals surface area contributed by atoms with Crippen molar-refractivity contribution in [3.63, 3.8) is 0 Å². The van der Waals surface area contributed by atoms with Crippen LogP contribution < -0.4 is 11.5 Å². The van der Waals surface area contributed by atoms with Crippen LogP contribution in [-0.4, -0.2) is 27.7 Å². The summed E-state index contributed by atoms with van der Waals surface area (Å²) in [6.07, 6.45) is 2.65. The Balaban J connectivity index is -0.000000180. The van der Waals surface area contributed by atoms with Gasteiger partial charge in [0.05, 0.1) is 0 Å². The number of carbonyl (C=O) groups is 1. The minimum Gasteiger partial charge on any atom is -0.352 e. The summed E-state index contributed by atoms with van der Waals surface area (Å²) in [7, 11) is 0. The van der Waals surface area contributed by atoms with Gasteiger partial charge < -0.3 is 11.5 Å². The second-order valence-electron chi connectivity index (χ2n) is 1.81. The zero-order valence-electron chi connectivity index (χ0n) is 7.06. The van der Waals surface area contributed by atoms with Gasteiger partial charge in [-0.15, -0.1) is 0 Å². The van der Waals surface area contributed by atoms with Crippen LogP contribution in [0.4, 0.5) is 13.6 Å². The molecule has 0 unspecified atom stereocenters. The van der Waals surface area contributed by atoms with Crippen LogP contribution in [0.15, 0.2) is 24.5 Å². The van der Waals surface area contributed by atoms with Crippen LogP contribution in [0.3, 0.4) is 0 Å². The van der Waals surface area contributed by atoms with Crippen molar-refractivity contribution < 1.29 is 13.6 Å². The van der Waals surface area contributed by atoms with Gasteiger partial charge in [0.25, 0.3) is 0 Å². The number of urea groups is 1. The number of carbonyl (C=O) groups excluding carboxylic acids is 1. The molecule has 0 aliphatic carbocycles. The van der Waals surface area contributed by atoms with Crippen LogP contribution in [0.25, 0.3) is 0 Å². The van der Waals surface area contributed by atoms with Crippen molar-refractivity contribution in [3.05, 3.63) is 24.5 Å². The molecule has 1 rings (SSSR count). The van der Waals surface area contributed by atoms with Gasteiger partial charge in [-0.3, -0.25) is 4.57 Å². The van der Waals surface area contributed by atoms with Crippen LogP contribution in [-0.2, 0) is 0 Å². The third-order valence-electron chi connectivity index (χ3n) is 0.853. The average Bonchev–Trinajstić information content (AvgIpc) is 2.34. The maximum atomic E-state index is 11.6. The second kappa shape index (κ2) is 10.4. The van der Waals surface area contributed by atoms with Gasteiger partial charge in [-0.1, -0.05) is 0 Å². The van der Waals surface area contributed by atoms with E-state index >= 15 is 0 Å². The van der Waals surface area contributed by atoms with Gasteiger partial charge >= 0.3 is 12.6 Å². The molecule has 0 spiro atoms. The molecule has 2 amide bonds. The number of alkyl halides is 2. The van der Waals surface area contributed by atoms with E-state index in [0.29, 0.717) is 0 Å². The molecule has 14 heavy (non-hydrogen) atoms. The fourth-order valence-corrected chi connectivity index (χ4v) is 0.478. The molecule has 0 aliphatic rings. The normalized spacial score (nSPS) is 7.64. The van der Waals surface area contributed by atoms with Crippen molar-refractivity contribution in [1.82, 2.24) is 4.57 Å². The Hall–Kier alpha value is -0.721. The fourth-order valence-electron chi connectivity index (χ4n) is 0.478. The van der Waals surface area contributed by atoms with Crippen molar-refractivity contribution in [2.75, 3.05) is 0 Å². The maximum absolute atomic E-state index is 11.6. The Morgan fingerprint density at radius 1 is 1.21 bits per heavy atom. The van der Waals surface area contributed by atoms with E-state index in [-0.39, 0.29) is 30.6 Å². The monoisotopic (exact) mass is 291 g/mol. The van der Waals surface area contributed by atoms with E-state index in [1.807, 2.05) is 0 Å². The number of primary amides is 2. The molecule has 0 bridgehead atoms. The summed E-state index contributed by atoms with van der Waals surface area (Å²) in [6.45, 7) is -2.40. The molecule has 0 saturated heterocycles. The molecule has 0 aliphatic heterocycles. The molecule has 0 fully saturated rings. The smallest absolute Gasteiger partial charge is 0.318 e. The summed E-state index contributed by atoms with van der Waals surface area (Å²) in [5, 5.41) is 0. The molecular formula is C6H11F2N3OSSe. The van der Waals surface area contributed by atoms with Crippen LogP contribution in [0.1, 0.15) is 6.55 Å². The van der Waals surface area contributed by atoms with Crippen LogP contribution in [0.2, 0.25) is 0 Å². The molecule has 1 aromatic heterocycles. The van der Waals surface area contributed by atoms with Crippen molar-refractivity contribution in [2.24, 2.45) is 11.5 Å². The summed E-state index contributed by atoms with van der Waals surface area (Å²) >= 11 is 0. The number of halogens is 2. The molecule has 1 heterocycles.